The van der Waals surface area contributed by atoms with Crippen LogP contribution in [0.4, 0.5) is 13.2 Å². The second kappa shape index (κ2) is 5.75. The number of benzene rings is 1. The van der Waals surface area contributed by atoms with Crippen molar-refractivity contribution in [3.63, 3.8) is 0 Å². The normalized spacial score (nSPS) is 16.2. The van der Waals surface area contributed by atoms with Gasteiger partial charge in [0.2, 0.25) is 0 Å². The van der Waals surface area contributed by atoms with Crippen molar-refractivity contribution in [2.24, 2.45) is 0 Å². The van der Waals surface area contributed by atoms with Gasteiger partial charge in [-0.2, -0.15) is 13.2 Å². The first kappa shape index (κ1) is 15.3. The molecule has 0 spiro atoms. The summed E-state index contributed by atoms with van der Waals surface area (Å²) in [5, 5.41) is 2.65. The Hall–Kier alpha value is -2.05. The van der Waals surface area contributed by atoms with E-state index in [0.717, 1.165) is 25.0 Å². The molecular weight excluding hydrogens is 287 g/mol. The lowest BCUT2D eigenvalue weighted by atomic mass is 10.1. The number of halogens is 3. The van der Waals surface area contributed by atoms with E-state index < -0.39 is 29.7 Å². The summed E-state index contributed by atoms with van der Waals surface area (Å²) in [6.45, 7) is 1.38. The van der Waals surface area contributed by atoms with Crippen LogP contribution in [0, 0.1) is 0 Å². The van der Waals surface area contributed by atoms with E-state index in [4.69, 9.17) is 4.74 Å². The third-order valence-electron chi connectivity index (χ3n) is 3.00. The van der Waals surface area contributed by atoms with E-state index in [-0.39, 0.29) is 11.6 Å². The SMILES string of the molecule is C[C@@H](OC(=O)c1cccc(C(F)(F)F)c1)C(=O)NC1CC1. The number of amides is 1. The second-order valence-corrected chi connectivity index (χ2v) is 4.91. The Kier molecular flexibility index (Phi) is 4.20. The zero-order valence-corrected chi connectivity index (χ0v) is 11.2. The molecule has 21 heavy (non-hydrogen) atoms. The summed E-state index contributed by atoms with van der Waals surface area (Å²) in [7, 11) is 0. The van der Waals surface area contributed by atoms with Gasteiger partial charge in [-0.05, 0) is 38.0 Å². The number of hydrogen-bond acceptors (Lipinski definition) is 3. The molecule has 1 atom stereocenters. The maximum absolute atomic E-state index is 12.6. The van der Waals surface area contributed by atoms with Crippen LogP contribution in [0.1, 0.15) is 35.7 Å². The van der Waals surface area contributed by atoms with Crippen LogP contribution in [-0.2, 0) is 15.7 Å². The van der Waals surface area contributed by atoms with Crippen molar-refractivity contribution in [3.05, 3.63) is 35.4 Å². The fourth-order valence-corrected chi connectivity index (χ4v) is 1.65. The van der Waals surface area contributed by atoms with Crippen LogP contribution >= 0.6 is 0 Å². The number of carbonyl (C=O) groups is 2. The smallest absolute Gasteiger partial charge is 0.416 e. The molecule has 0 radical (unpaired) electrons. The maximum Gasteiger partial charge on any atom is 0.416 e. The van der Waals surface area contributed by atoms with Crippen LogP contribution in [0.5, 0.6) is 0 Å². The standard InChI is InChI=1S/C14H14F3NO3/c1-8(12(19)18-11-5-6-11)21-13(20)9-3-2-4-10(7-9)14(15,16)17/h2-4,7-8,11H,5-6H2,1H3,(H,18,19)/t8-/m1/s1. The molecule has 0 aliphatic heterocycles. The summed E-state index contributed by atoms with van der Waals surface area (Å²) in [5.74, 6) is -1.41. The zero-order chi connectivity index (χ0) is 15.6. The van der Waals surface area contributed by atoms with Crippen molar-refractivity contribution in [1.82, 2.24) is 5.32 Å². The molecule has 1 aromatic rings. The first-order chi connectivity index (χ1) is 9.77. The summed E-state index contributed by atoms with van der Waals surface area (Å²) in [6.07, 6.45) is -3.81. The Balaban J connectivity index is 2.00. The Morgan fingerprint density at radius 1 is 1.33 bits per heavy atom. The highest BCUT2D eigenvalue weighted by Crippen LogP contribution is 2.29. The fraction of sp³-hybridized carbons (Fsp3) is 0.429. The van der Waals surface area contributed by atoms with Crippen LogP contribution in [-0.4, -0.2) is 24.0 Å². The molecular formula is C14H14F3NO3. The average Bonchev–Trinajstić information content (AvgIpc) is 3.21. The molecule has 0 heterocycles. The Labute approximate surface area is 119 Å². The topological polar surface area (TPSA) is 55.4 Å². The molecule has 114 valence electrons. The highest BCUT2D eigenvalue weighted by atomic mass is 19.4. The van der Waals surface area contributed by atoms with Gasteiger partial charge in [0.25, 0.3) is 5.91 Å². The van der Waals surface area contributed by atoms with E-state index >= 15 is 0 Å². The van der Waals surface area contributed by atoms with E-state index in [0.29, 0.717) is 6.07 Å². The van der Waals surface area contributed by atoms with Crippen molar-refractivity contribution < 1.29 is 27.5 Å². The third-order valence-corrected chi connectivity index (χ3v) is 3.00. The van der Waals surface area contributed by atoms with Gasteiger partial charge in [0, 0.05) is 6.04 Å². The van der Waals surface area contributed by atoms with E-state index in [1.54, 1.807) is 0 Å². The lowest BCUT2D eigenvalue weighted by molar-refractivity contribution is -0.137. The number of esters is 1. The van der Waals surface area contributed by atoms with Gasteiger partial charge in [-0.1, -0.05) is 6.07 Å². The van der Waals surface area contributed by atoms with Crippen molar-refractivity contribution in [1.29, 1.82) is 0 Å². The van der Waals surface area contributed by atoms with Crippen LogP contribution < -0.4 is 5.32 Å². The van der Waals surface area contributed by atoms with Crippen molar-refractivity contribution in [2.75, 3.05) is 0 Å². The predicted octanol–water partition coefficient (Wildman–Crippen LogP) is 2.53. The number of alkyl halides is 3. The molecule has 0 bridgehead atoms. The summed E-state index contributed by atoms with van der Waals surface area (Å²) in [5.41, 5.74) is -1.18. The molecule has 1 N–H and O–H groups in total. The molecule has 1 saturated carbocycles. The van der Waals surface area contributed by atoms with Crippen LogP contribution in [0.3, 0.4) is 0 Å². The second-order valence-electron chi connectivity index (χ2n) is 4.91. The van der Waals surface area contributed by atoms with Crippen LogP contribution in [0.2, 0.25) is 0 Å². The molecule has 0 aromatic heterocycles. The summed E-state index contributed by atoms with van der Waals surface area (Å²) < 4.78 is 42.5. The van der Waals surface area contributed by atoms with E-state index in [9.17, 15) is 22.8 Å². The first-order valence-corrected chi connectivity index (χ1v) is 6.46. The van der Waals surface area contributed by atoms with Crippen molar-refractivity contribution in [2.45, 2.75) is 38.1 Å². The zero-order valence-electron chi connectivity index (χ0n) is 11.2. The monoisotopic (exact) mass is 301 g/mol. The molecule has 4 nitrogen and oxygen atoms in total. The Morgan fingerprint density at radius 2 is 2.00 bits per heavy atom. The highest BCUT2D eigenvalue weighted by Gasteiger charge is 2.31. The average molecular weight is 301 g/mol. The summed E-state index contributed by atoms with van der Waals surface area (Å²) >= 11 is 0. The lowest BCUT2D eigenvalue weighted by Gasteiger charge is -2.14. The molecule has 1 fully saturated rings. The van der Waals surface area contributed by atoms with Gasteiger partial charge in [-0.25, -0.2) is 4.79 Å². The maximum atomic E-state index is 12.6. The van der Waals surface area contributed by atoms with Crippen molar-refractivity contribution >= 4 is 11.9 Å². The number of nitrogens with one attached hydrogen (secondary N) is 1. The van der Waals surface area contributed by atoms with E-state index in [1.807, 2.05) is 0 Å². The number of rotatable bonds is 4. The van der Waals surface area contributed by atoms with Gasteiger partial charge < -0.3 is 10.1 Å². The fourth-order valence-electron chi connectivity index (χ4n) is 1.65. The molecule has 2 rings (SSSR count). The highest BCUT2D eigenvalue weighted by molar-refractivity contribution is 5.92. The minimum Gasteiger partial charge on any atom is -0.449 e. The van der Waals surface area contributed by atoms with Crippen molar-refractivity contribution in [3.8, 4) is 0 Å². The molecule has 1 aromatic carbocycles. The first-order valence-electron chi connectivity index (χ1n) is 6.46. The molecule has 1 aliphatic carbocycles. The number of hydrogen-bond donors (Lipinski definition) is 1. The lowest BCUT2D eigenvalue weighted by Crippen LogP contribution is -2.37. The molecule has 7 heteroatoms. The third kappa shape index (κ3) is 4.21. The van der Waals surface area contributed by atoms with E-state index in [2.05, 4.69) is 5.32 Å². The van der Waals surface area contributed by atoms with Gasteiger partial charge in [-0.3, -0.25) is 4.79 Å². The minimum absolute atomic E-state index is 0.118. The molecule has 0 saturated heterocycles. The van der Waals surface area contributed by atoms with Gasteiger partial charge in [0.15, 0.2) is 6.10 Å². The summed E-state index contributed by atoms with van der Waals surface area (Å²) in [4.78, 5) is 23.4. The van der Waals surface area contributed by atoms with Crippen LogP contribution in [0.25, 0.3) is 0 Å². The number of carbonyl (C=O) groups excluding carboxylic acids is 2. The largest absolute Gasteiger partial charge is 0.449 e. The van der Waals surface area contributed by atoms with Crippen LogP contribution in [0.15, 0.2) is 24.3 Å². The van der Waals surface area contributed by atoms with Gasteiger partial charge >= 0.3 is 12.1 Å². The predicted molar refractivity (Wildman–Crippen MR) is 67.5 cm³/mol. The van der Waals surface area contributed by atoms with Gasteiger partial charge in [0.1, 0.15) is 0 Å². The number of ether oxygens (including phenoxy) is 1. The van der Waals surface area contributed by atoms with E-state index in [1.165, 1.54) is 13.0 Å². The van der Waals surface area contributed by atoms with Gasteiger partial charge in [0.05, 0.1) is 11.1 Å². The summed E-state index contributed by atoms with van der Waals surface area (Å²) in [6, 6.07) is 4.01. The van der Waals surface area contributed by atoms with Gasteiger partial charge in [-0.15, -0.1) is 0 Å². The molecule has 0 unspecified atom stereocenters. The quantitative estimate of drug-likeness (QED) is 0.870. The Bertz CT molecular complexity index is 553. The minimum atomic E-state index is -4.54. The molecule has 1 amide bonds. The Morgan fingerprint density at radius 3 is 2.57 bits per heavy atom. The molecule has 1 aliphatic rings.